The summed E-state index contributed by atoms with van der Waals surface area (Å²) in [5.74, 6) is -0.628. The van der Waals surface area contributed by atoms with Crippen LogP contribution in [0.3, 0.4) is 0 Å². The molecular formula is C13H16N6O3S2. The monoisotopic (exact) mass is 368 g/mol. The minimum Gasteiger partial charge on any atom is -0.364 e. The van der Waals surface area contributed by atoms with Crippen LogP contribution < -0.4 is 21.5 Å². The van der Waals surface area contributed by atoms with Crippen molar-refractivity contribution in [2.45, 2.75) is 18.4 Å². The van der Waals surface area contributed by atoms with Crippen LogP contribution >= 0.6 is 12.2 Å². The van der Waals surface area contributed by atoms with Gasteiger partial charge in [0.15, 0.2) is 5.11 Å². The normalized spacial score (nSPS) is 11.1. The number of primary sulfonamides is 1. The van der Waals surface area contributed by atoms with Crippen LogP contribution in [0.2, 0.25) is 0 Å². The van der Waals surface area contributed by atoms with E-state index in [4.69, 9.17) is 23.1 Å². The summed E-state index contributed by atoms with van der Waals surface area (Å²) in [5.41, 5.74) is 6.49. The number of nitrogens with zero attached hydrogens (tertiary/aromatic N) is 2. The quantitative estimate of drug-likeness (QED) is 0.561. The van der Waals surface area contributed by atoms with Gasteiger partial charge < -0.3 is 16.4 Å². The molecule has 0 atom stereocenters. The first-order valence-electron chi connectivity index (χ1n) is 6.79. The number of amides is 1. The minimum absolute atomic E-state index is 0.00726. The molecular weight excluding hydrogens is 352 g/mol. The number of rotatable bonds is 5. The van der Waals surface area contributed by atoms with Crippen LogP contribution in [-0.2, 0) is 16.6 Å². The highest BCUT2D eigenvalue weighted by molar-refractivity contribution is 7.89. The van der Waals surface area contributed by atoms with Crippen molar-refractivity contribution in [3.63, 3.8) is 0 Å². The maximum absolute atomic E-state index is 11.5. The van der Waals surface area contributed by atoms with E-state index in [0.717, 1.165) is 0 Å². The Kier molecular flexibility index (Phi) is 5.17. The van der Waals surface area contributed by atoms with Crippen LogP contribution in [0, 0.1) is 0 Å². The van der Waals surface area contributed by atoms with Gasteiger partial charge in [0.05, 0.1) is 16.8 Å². The molecule has 6 N–H and O–H groups in total. The number of hydrogen-bond acceptors (Lipinski definition) is 5. The van der Waals surface area contributed by atoms with Crippen LogP contribution in [0.25, 0.3) is 0 Å². The van der Waals surface area contributed by atoms with E-state index in [9.17, 15) is 13.2 Å². The molecule has 1 aromatic carbocycles. The Morgan fingerprint density at radius 2 is 1.92 bits per heavy atom. The second-order valence-electron chi connectivity index (χ2n) is 4.74. The lowest BCUT2D eigenvalue weighted by molar-refractivity contribution is 0.0991. The summed E-state index contributed by atoms with van der Waals surface area (Å²) in [5, 5.41) is 15.0. The molecule has 1 amide bonds. The second kappa shape index (κ2) is 6.95. The first-order valence-corrected chi connectivity index (χ1v) is 8.74. The fourth-order valence-corrected chi connectivity index (χ4v) is 2.73. The molecule has 0 saturated carbocycles. The van der Waals surface area contributed by atoms with Crippen molar-refractivity contribution >= 4 is 44.6 Å². The van der Waals surface area contributed by atoms with E-state index < -0.39 is 15.9 Å². The molecule has 1 heterocycles. The van der Waals surface area contributed by atoms with Crippen molar-refractivity contribution in [3.8, 4) is 0 Å². The molecule has 0 bridgehead atoms. The number of sulfonamides is 1. The first kappa shape index (κ1) is 17.8. The van der Waals surface area contributed by atoms with Gasteiger partial charge in [-0.15, -0.1) is 0 Å². The van der Waals surface area contributed by atoms with Crippen molar-refractivity contribution in [2.24, 2.45) is 10.9 Å². The van der Waals surface area contributed by atoms with E-state index in [2.05, 4.69) is 15.7 Å². The van der Waals surface area contributed by atoms with E-state index >= 15 is 0 Å². The van der Waals surface area contributed by atoms with Gasteiger partial charge in [0.1, 0.15) is 5.69 Å². The summed E-state index contributed by atoms with van der Waals surface area (Å²) in [6.45, 7) is 2.31. The Balaban J connectivity index is 2.12. The van der Waals surface area contributed by atoms with Crippen LogP contribution in [0.5, 0.6) is 0 Å². The molecule has 11 heteroatoms. The summed E-state index contributed by atoms with van der Waals surface area (Å²) >= 11 is 5.16. The molecule has 0 saturated heterocycles. The van der Waals surface area contributed by atoms with E-state index in [1.54, 1.807) is 0 Å². The summed E-state index contributed by atoms with van der Waals surface area (Å²) < 4.78 is 23.9. The molecule has 2 rings (SSSR count). The third kappa shape index (κ3) is 4.07. The van der Waals surface area contributed by atoms with Crippen LogP contribution in [0.4, 0.5) is 11.4 Å². The van der Waals surface area contributed by atoms with E-state index in [0.29, 0.717) is 17.9 Å². The fraction of sp³-hybridized carbons (Fsp3) is 0.154. The van der Waals surface area contributed by atoms with Crippen molar-refractivity contribution in [1.82, 2.24) is 9.78 Å². The highest BCUT2D eigenvalue weighted by Crippen LogP contribution is 2.16. The number of anilines is 2. The van der Waals surface area contributed by atoms with E-state index in [1.165, 1.54) is 35.1 Å². The van der Waals surface area contributed by atoms with Gasteiger partial charge >= 0.3 is 0 Å². The summed E-state index contributed by atoms with van der Waals surface area (Å²) in [6.07, 6.45) is 1.45. The van der Waals surface area contributed by atoms with Crippen LogP contribution in [0.15, 0.2) is 35.4 Å². The third-order valence-electron chi connectivity index (χ3n) is 3.06. The lowest BCUT2D eigenvalue weighted by Crippen LogP contribution is -2.23. The van der Waals surface area contributed by atoms with Gasteiger partial charge in [-0.1, -0.05) is 0 Å². The van der Waals surface area contributed by atoms with Crippen molar-refractivity contribution in [2.75, 3.05) is 10.6 Å². The summed E-state index contributed by atoms with van der Waals surface area (Å²) in [6, 6.07) is 5.73. The number of nitrogens with two attached hydrogens (primary N) is 2. The molecule has 0 aliphatic carbocycles. The molecule has 0 radical (unpaired) electrons. The van der Waals surface area contributed by atoms with E-state index in [-0.39, 0.29) is 15.7 Å². The number of aromatic nitrogens is 2. The lowest BCUT2D eigenvalue weighted by Gasteiger charge is -2.11. The Labute approximate surface area is 144 Å². The molecule has 0 aliphatic rings. The third-order valence-corrected chi connectivity index (χ3v) is 4.19. The van der Waals surface area contributed by atoms with Gasteiger partial charge in [-0.05, 0) is 43.4 Å². The van der Waals surface area contributed by atoms with Gasteiger partial charge in [0, 0.05) is 12.2 Å². The smallest absolute Gasteiger partial charge is 0.269 e. The number of primary amides is 1. The SMILES string of the molecule is CCn1ncc(NC(=S)Nc2ccc(S(N)(=O)=O)cc2)c1C(N)=O. The molecule has 24 heavy (non-hydrogen) atoms. The maximum Gasteiger partial charge on any atom is 0.269 e. The van der Waals surface area contributed by atoms with Gasteiger partial charge in [0.2, 0.25) is 10.0 Å². The topological polar surface area (TPSA) is 145 Å². The average Bonchev–Trinajstić information content (AvgIpc) is 2.89. The highest BCUT2D eigenvalue weighted by Gasteiger charge is 2.16. The molecule has 9 nitrogen and oxygen atoms in total. The maximum atomic E-state index is 11.5. The predicted octanol–water partition coefficient (Wildman–Crippen LogP) is 0.458. The zero-order valence-electron chi connectivity index (χ0n) is 12.7. The first-order chi connectivity index (χ1) is 11.2. The number of benzene rings is 1. The van der Waals surface area contributed by atoms with Crippen molar-refractivity contribution in [1.29, 1.82) is 0 Å². The average molecular weight is 368 g/mol. The van der Waals surface area contributed by atoms with Crippen LogP contribution in [0.1, 0.15) is 17.4 Å². The fourth-order valence-electron chi connectivity index (χ4n) is 1.99. The molecule has 2 aromatic rings. The molecule has 128 valence electrons. The molecule has 0 aliphatic heterocycles. The zero-order chi connectivity index (χ0) is 17.9. The van der Waals surface area contributed by atoms with E-state index in [1.807, 2.05) is 6.92 Å². The Morgan fingerprint density at radius 1 is 1.29 bits per heavy atom. The predicted molar refractivity (Wildman–Crippen MR) is 94.1 cm³/mol. The number of aryl methyl sites for hydroxylation is 1. The molecule has 0 spiro atoms. The van der Waals surface area contributed by atoms with Gasteiger partial charge in [-0.2, -0.15) is 5.10 Å². The Hall–Kier alpha value is -2.50. The Bertz CT molecular complexity index is 874. The summed E-state index contributed by atoms with van der Waals surface area (Å²) in [7, 11) is -3.75. The number of nitrogens with one attached hydrogen (secondary N) is 2. The number of carbonyl (C=O) groups excluding carboxylic acids is 1. The second-order valence-corrected chi connectivity index (χ2v) is 6.71. The standard InChI is InChI=1S/C13H16N6O3S2/c1-2-19-11(12(14)20)10(7-16-19)18-13(23)17-8-3-5-9(6-4-8)24(15,21)22/h3-7H,2H2,1H3,(H2,14,20)(H2,15,21,22)(H2,17,18,23). The highest BCUT2D eigenvalue weighted by atomic mass is 32.2. The number of thiocarbonyl (C=S) groups is 1. The van der Waals surface area contributed by atoms with Gasteiger partial charge in [-0.3, -0.25) is 9.48 Å². The molecule has 1 aromatic heterocycles. The zero-order valence-corrected chi connectivity index (χ0v) is 14.3. The number of carbonyl (C=O) groups is 1. The van der Waals surface area contributed by atoms with Crippen molar-refractivity contribution < 1.29 is 13.2 Å². The van der Waals surface area contributed by atoms with Crippen LogP contribution in [-0.4, -0.2) is 29.2 Å². The Morgan fingerprint density at radius 3 is 2.42 bits per heavy atom. The lowest BCUT2D eigenvalue weighted by atomic mass is 10.3. The van der Waals surface area contributed by atoms with Gasteiger partial charge in [0.25, 0.3) is 5.91 Å². The molecule has 0 unspecified atom stereocenters. The van der Waals surface area contributed by atoms with Crippen molar-refractivity contribution in [3.05, 3.63) is 36.2 Å². The largest absolute Gasteiger partial charge is 0.364 e. The minimum atomic E-state index is -3.75. The van der Waals surface area contributed by atoms with Gasteiger partial charge in [-0.25, -0.2) is 13.6 Å². The number of hydrogen-bond donors (Lipinski definition) is 4. The molecule has 0 fully saturated rings. The summed E-state index contributed by atoms with van der Waals surface area (Å²) in [4.78, 5) is 11.5.